The lowest BCUT2D eigenvalue weighted by molar-refractivity contribution is 0.0920. The monoisotopic (exact) mass is 327 g/mol. The molecule has 1 heterocycles. The van der Waals surface area contributed by atoms with Gasteiger partial charge in [-0.25, -0.2) is 0 Å². The van der Waals surface area contributed by atoms with Crippen LogP contribution in [0.5, 0.6) is 5.75 Å². The van der Waals surface area contributed by atoms with E-state index in [2.05, 4.69) is 18.4 Å². The number of aryl methyl sites for hydroxylation is 1. The van der Waals surface area contributed by atoms with Crippen LogP contribution in [0.25, 0.3) is 0 Å². The van der Waals surface area contributed by atoms with Gasteiger partial charge in [0.05, 0.1) is 0 Å². The Morgan fingerprint density at radius 2 is 1.88 bits per heavy atom. The maximum absolute atomic E-state index is 12.5. The van der Waals surface area contributed by atoms with Crippen LogP contribution in [-0.2, 0) is 6.54 Å². The first-order valence-electron chi connectivity index (χ1n) is 8.30. The van der Waals surface area contributed by atoms with Crippen LogP contribution in [0, 0.1) is 19.8 Å². The summed E-state index contributed by atoms with van der Waals surface area (Å²) in [4.78, 5) is 23.1. The smallest absolute Gasteiger partial charge is 0.202 e. The first kappa shape index (κ1) is 18.0. The maximum atomic E-state index is 12.5. The Hall–Kier alpha value is -2.36. The summed E-state index contributed by atoms with van der Waals surface area (Å²) in [6, 6.07) is 8.68. The van der Waals surface area contributed by atoms with Crippen molar-refractivity contribution >= 4 is 12.1 Å². The Morgan fingerprint density at radius 1 is 1.21 bits per heavy atom. The van der Waals surface area contributed by atoms with Crippen LogP contribution >= 0.6 is 0 Å². The second-order valence-corrected chi connectivity index (χ2v) is 6.52. The van der Waals surface area contributed by atoms with Gasteiger partial charge in [0.1, 0.15) is 12.0 Å². The van der Waals surface area contributed by atoms with Crippen LogP contribution in [0.3, 0.4) is 0 Å². The topological polar surface area (TPSA) is 48.3 Å². The molecule has 0 unspecified atom stereocenters. The highest BCUT2D eigenvalue weighted by molar-refractivity contribution is 5.98. The minimum atomic E-state index is -0.0293. The van der Waals surface area contributed by atoms with Gasteiger partial charge in [0.2, 0.25) is 5.78 Å². The van der Waals surface area contributed by atoms with Gasteiger partial charge in [0, 0.05) is 29.1 Å². The van der Waals surface area contributed by atoms with Crippen LogP contribution < -0.4 is 4.74 Å². The van der Waals surface area contributed by atoms with Gasteiger partial charge >= 0.3 is 0 Å². The summed E-state index contributed by atoms with van der Waals surface area (Å²) in [7, 11) is 0. The molecule has 0 atom stereocenters. The number of carbonyl (C=O) groups excluding carboxylic acids is 2. The van der Waals surface area contributed by atoms with Gasteiger partial charge in [0.25, 0.3) is 0 Å². The van der Waals surface area contributed by atoms with E-state index in [1.54, 1.807) is 24.3 Å². The highest BCUT2D eigenvalue weighted by atomic mass is 16.5. The molecule has 0 spiro atoms. The molecule has 0 aliphatic carbocycles. The largest absolute Gasteiger partial charge is 0.485 e. The molecule has 4 heteroatoms. The van der Waals surface area contributed by atoms with Gasteiger partial charge in [-0.2, -0.15) is 0 Å². The Balaban J connectivity index is 2.03. The van der Waals surface area contributed by atoms with Gasteiger partial charge in [-0.05, 0) is 56.5 Å². The normalized spacial score (nSPS) is 10.9. The predicted molar refractivity (Wildman–Crippen MR) is 95.0 cm³/mol. The van der Waals surface area contributed by atoms with E-state index < -0.39 is 0 Å². The number of hydrogen-bond acceptors (Lipinski definition) is 3. The lowest BCUT2D eigenvalue weighted by Gasteiger charge is -2.11. The summed E-state index contributed by atoms with van der Waals surface area (Å²) in [5, 5.41) is 0. The SMILES string of the molecule is Cc1cc(C(=O)COc2ccc(C=O)cc2)c(C)n1CCC(C)C. The van der Waals surface area contributed by atoms with Crippen molar-refractivity contribution < 1.29 is 14.3 Å². The van der Waals surface area contributed by atoms with E-state index in [9.17, 15) is 9.59 Å². The van der Waals surface area contributed by atoms with Crippen molar-refractivity contribution in [1.82, 2.24) is 4.57 Å². The van der Waals surface area contributed by atoms with Gasteiger partial charge in [-0.1, -0.05) is 13.8 Å². The van der Waals surface area contributed by atoms with Crippen LogP contribution in [-0.4, -0.2) is 23.2 Å². The molecule has 1 aromatic carbocycles. The van der Waals surface area contributed by atoms with E-state index in [-0.39, 0.29) is 12.4 Å². The third-order valence-corrected chi connectivity index (χ3v) is 4.19. The average Bonchev–Trinajstić information content (AvgIpc) is 2.85. The molecule has 2 aromatic rings. The third kappa shape index (κ3) is 4.34. The fourth-order valence-electron chi connectivity index (χ4n) is 2.68. The zero-order valence-electron chi connectivity index (χ0n) is 14.8. The van der Waals surface area contributed by atoms with E-state index in [1.807, 2.05) is 19.9 Å². The molecule has 128 valence electrons. The molecule has 0 saturated carbocycles. The number of aromatic nitrogens is 1. The summed E-state index contributed by atoms with van der Waals surface area (Å²) < 4.78 is 7.75. The average molecular weight is 327 g/mol. The summed E-state index contributed by atoms with van der Waals surface area (Å²) in [5.74, 6) is 1.18. The molecule has 0 saturated heterocycles. The van der Waals surface area contributed by atoms with E-state index >= 15 is 0 Å². The van der Waals surface area contributed by atoms with Gasteiger partial charge < -0.3 is 9.30 Å². The van der Waals surface area contributed by atoms with Crippen molar-refractivity contribution in [2.75, 3.05) is 6.61 Å². The third-order valence-electron chi connectivity index (χ3n) is 4.19. The Labute approximate surface area is 143 Å². The standard InChI is InChI=1S/C20H25NO3/c1-14(2)9-10-21-15(3)11-19(16(21)4)20(23)13-24-18-7-5-17(12-22)6-8-18/h5-8,11-12,14H,9-10,13H2,1-4H3. The van der Waals surface area contributed by atoms with E-state index in [1.165, 1.54) is 0 Å². The number of Topliss-reactive ketones (excluding diaryl/α,β-unsaturated/α-hetero) is 1. The summed E-state index contributed by atoms with van der Waals surface area (Å²) in [6.07, 6.45) is 1.87. The number of ether oxygens (including phenoxy) is 1. The quantitative estimate of drug-likeness (QED) is 0.538. The Bertz CT molecular complexity index is 711. The molecule has 0 amide bonds. The molecule has 2 rings (SSSR count). The highest BCUT2D eigenvalue weighted by Crippen LogP contribution is 2.18. The van der Waals surface area contributed by atoms with Gasteiger partial charge in [-0.3, -0.25) is 9.59 Å². The number of aldehydes is 1. The minimum Gasteiger partial charge on any atom is -0.485 e. The van der Waals surface area contributed by atoms with Crippen LogP contribution in [0.15, 0.2) is 30.3 Å². The van der Waals surface area contributed by atoms with Crippen molar-refractivity contribution in [3.63, 3.8) is 0 Å². The Morgan fingerprint density at radius 3 is 2.46 bits per heavy atom. The fourth-order valence-corrected chi connectivity index (χ4v) is 2.68. The van der Waals surface area contributed by atoms with Crippen molar-refractivity contribution in [2.45, 2.75) is 40.7 Å². The zero-order chi connectivity index (χ0) is 17.7. The molecular weight excluding hydrogens is 302 g/mol. The van der Waals surface area contributed by atoms with E-state index in [4.69, 9.17) is 4.74 Å². The number of nitrogens with zero attached hydrogens (tertiary/aromatic N) is 1. The molecule has 0 bridgehead atoms. The molecular formula is C20H25NO3. The lowest BCUT2D eigenvalue weighted by Crippen LogP contribution is -2.13. The molecule has 1 aromatic heterocycles. The summed E-state index contributed by atoms with van der Waals surface area (Å²) in [6.45, 7) is 9.34. The number of rotatable bonds is 8. The summed E-state index contributed by atoms with van der Waals surface area (Å²) in [5.41, 5.74) is 3.41. The van der Waals surface area contributed by atoms with Crippen molar-refractivity contribution in [3.8, 4) is 5.75 Å². The van der Waals surface area contributed by atoms with Crippen molar-refractivity contribution in [3.05, 3.63) is 52.8 Å². The van der Waals surface area contributed by atoms with E-state index in [0.29, 0.717) is 17.2 Å². The maximum Gasteiger partial charge on any atom is 0.202 e. The van der Waals surface area contributed by atoms with Crippen molar-refractivity contribution in [1.29, 1.82) is 0 Å². The Kier molecular flexibility index (Phi) is 5.96. The van der Waals surface area contributed by atoms with Crippen LogP contribution in [0.2, 0.25) is 0 Å². The second kappa shape index (κ2) is 7.95. The lowest BCUT2D eigenvalue weighted by atomic mass is 10.1. The summed E-state index contributed by atoms with van der Waals surface area (Å²) >= 11 is 0. The molecule has 0 fully saturated rings. The number of ketones is 1. The highest BCUT2D eigenvalue weighted by Gasteiger charge is 2.16. The van der Waals surface area contributed by atoms with Gasteiger partial charge in [-0.15, -0.1) is 0 Å². The predicted octanol–water partition coefficient (Wildman–Crippen LogP) is 4.23. The minimum absolute atomic E-state index is 0.00505. The molecule has 0 N–H and O–H groups in total. The second-order valence-electron chi connectivity index (χ2n) is 6.52. The van der Waals surface area contributed by atoms with Gasteiger partial charge in [0.15, 0.2) is 6.61 Å². The fraction of sp³-hybridized carbons (Fsp3) is 0.400. The number of hydrogen-bond donors (Lipinski definition) is 0. The molecule has 24 heavy (non-hydrogen) atoms. The molecule has 0 aliphatic heterocycles. The number of benzene rings is 1. The van der Waals surface area contributed by atoms with E-state index in [0.717, 1.165) is 36.2 Å². The van der Waals surface area contributed by atoms with Crippen molar-refractivity contribution in [2.24, 2.45) is 5.92 Å². The van der Waals surface area contributed by atoms with Crippen LogP contribution in [0.4, 0.5) is 0 Å². The molecule has 0 radical (unpaired) electrons. The molecule has 4 nitrogen and oxygen atoms in total. The first-order chi connectivity index (χ1) is 11.4. The van der Waals surface area contributed by atoms with Crippen LogP contribution in [0.1, 0.15) is 52.4 Å². The first-order valence-corrected chi connectivity index (χ1v) is 8.30. The molecule has 0 aliphatic rings. The zero-order valence-corrected chi connectivity index (χ0v) is 14.8. The number of carbonyl (C=O) groups is 2.